The molecule has 0 aliphatic heterocycles. The summed E-state index contributed by atoms with van der Waals surface area (Å²) in [4.78, 5) is 41.4. The van der Waals surface area contributed by atoms with Crippen molar-refractivity contribution in [2.24, 2.45) is 0 Å². The molecule has 8 nitrogen and oxygen atoms in total. The van der Waals surface area contributed by atoms with Crippen LogP contribution < -0.4 is 26.6 Å². The van der Waals surface area contributed by atoms with Crippen LogP contribution in [-0.4, -0.2) is 22.5 Å². The molecule has 31 heavy (non-hydrogen) atoms. The quantitative estimate of drug-likeness (QED) is 0.580. The molecule has 1 amide bonds. The summed E-state index contributed by atoms with van der Waals surface area (Å²) in [7, 11) is 1.47. The first kappa shape index (κ1) is 21.9. The molecule has 0 aliphatic carbocycles. The summed E-state index contributed by atoms with van der Waals surface area (Å²) in [5.74, 6) is 0.225. The van der Waals surface area contributed by atoms with E-state index in [0.717, 1.165) is 6.42 Å². The Kier molecular flexibility index (Phi) is 6.92. The van der Waals surface area contributed by atoms with Gasteiger partial charge in [0.05, 0.1) is 0 Å². The van der Waals surface area contributed by atoms with E-state index < -0.39 is 17.2 Å². The van der Waals surface area contributed by atoms with E-state index in [0.29, 0.717) is 29.8 Å². The largest absolute Gasteiger partial charge is 0.489 e. The normalized spacial score (nSPS) is 10.6. The molecule has 0 aliphatic rings. The lowest BCUT2D eigenvalue weighted by Gasteiger charge is -2.21. The van der Waals surface area contributed by atoms with Crippen LogP contribution in [0.25, 0.3) is 0 Å². The van der Waals surface area contributed by atoms with Gasteiger partial charge in [-0.3, -0.25) is 19.1 Å². The first-order chi connectivity index (χ1) is 14.9. The molecule has 3 aromatic rings. The standard InChI is InChI=1S/C23H26N4O4/c1-3-4-14-27-20(24)19(21(28)25-23(27)30)26(2)22(29)18-13-9-8-10-16(18)15-31-17-11-6-5-7-12-17/h5-13H,3-4,14-15,24H2,1-2H3,(H,25,28,30). The van der Waals surface area contributed by atoms with Crippen molar-refractivity contribution < 1.29 is 9.53 Å². The van der Waals surface area contributed by atoms with Gasteiger partial charge in [0.25, 0.3) is 11.5 Å². The number of carbonyl (C=O) groups is 1. The minimum absolute atomic E-state index is 0.0314. The lowest BCUT2D eigenvalue weighted by Crippen LogP contribution is -2.39. The summed E-state index contributed by atoms with van der Waals surface area (Å²) in [5, 5.41) is 0. The van der Waals surface area contributed by atoms with Gasteiger partial charge >= 0.3 is 5.69 Å². The number of aromatic amines is 1. The summed E-state index contributed by atoms with van der Waals surface area (Å²) in [6.45, 7) is 2.52. The number of anilines is 2. The molecule has 162 valence electrons. The van der Waals surface area contributed by atoms with E-state index in [4.69, 9.17) is 10.5 Å². The third-order valence-corrected chi connectivity index (χ3v) is 4.97. The van der Waals surface area contributed by atoms with Crippen LogP contribution in [0.4, 0.5) is 11.5 Å². The lowest BCUT2D eigenvalue weighted by molar-refractivity contribution is 0.0990. The number of nitrogens with one attached hydrogen (secondary N) is 1. The topological polar surface area (TPSA) is 110 Å². The Morgan fingerprint density at radius 1 is 1.10 bits per heavy atom. The molecule has 0 atom stereocenters. The van der Waals surface area contributed by atoms with Crippen LogP contribution in [0.15, 0.2) is 64.2 Å². The van der Waals surface area contributed by atoms with Gasteiger partial charge in [-0.05, 0) is 24.6 Å². The van der Waals surface area contributed by atoms with Crippen molar-refractivity contribution in [3.05, 3.63) is 86.6 Å². The van der Waals surface area contributed by atoms with Crippen LogP contribution in [0, 0.1) is 0 Å². The fraction of sp³-hybridized carbons (Fsp3) is 0.261. The third kappa shape index (κ3) is 4.85. The number of unbranched alkanes of at least 4 members (excludes halogenated alkanes) is 1. The number of nitrogens with zero attached hydrogens (tertiary/aromatic N) is 2. The number of hydrogen-bond donors (Lipinski definition) is 2. The number of aromatic nitrogens is 2. The number of amides is 1. The number of carbonyl (C=O) groups excluding carboxylic acids is 1. The van der Waals surface area contributed by atoms with E-state index in [1.54, 1.807) is 18.2 Å². The summed E-state index contributed by atoms with van der Waals surface area (Å²) in [6.07, 6.45) is 1.57. The number of hydrogen-bond acceptors (Lipinski definition) is 5. The molecule has 2 aromatic carbocycles. The van der Waals surface area contributed by atoms with Gasteiger partial charge in [-0.15, -0.1) is 0 Å². The minimum Gasteiger partial charge on any atom is -0.489 e. The second kappa shape index (κ2) is 9.80. The maximum atomic E-state index is 13.3. The van der Waals surface area contributed by atoms with E-state index in [1.807, 2.05) is 43.3 Å². The zero-order valence-corrected chi connectivity index (χ0v) is 17.6. The predicted molar refractivity (Wildman–Crippen MR) is 121 cm³/mol. The van der Waals surface area contributed by atoms with Crippen molar-refractivity contribution in [1.82, 2.24) is 9.55 Å². The van der Waals surface area contributed by atoms with Gasteiger partial charge < -0.3 is 15.4 Å². The van der Waals surface area contributed by atoms with Gasteiger partial charge in [-0.25, -0.2) is 4.79 Å². The Morgan fingerprint density at radius 3 is 2.48 bits per heavy atom. The predicted octanol–water partition coefficient (Wildman–Crippen LogP) is 2.77. The number of ether oxygens (including phenoxy) is 1. The molecular weight excluding hydrogens is 396 g/mol. The zero-order chi connectivity index (χ0) is 22.4. The average Bonchev–Trinajstić information content (AvgIpc) is 2.77. The van der Waals surface area contributed by atoms with Gasteiger partial charge in [0.1, 0.15) is 18.2 Å². The monoisotopic (exact) mass is 422 g/mol. The summed E-state index contributed by atoms with van der Waals surface area (Å²) < 4.78 is 7.07. The second-order valence-electron chi connectivity index (χ2n) is 7.12. The summed E-state index contributed by atoms with van der Waals surface area (Å²) in [6, 6.07) is 16.3. The Morgan fingerprint density at radius 2 is 1.77 bits per heavy atom. The number of H-pyrrole nitrogens is 1. The molecule has 8 heteroatoms. The van der Waals surface area contributed by atoms with Crippen molar-refractivity contribution in [2.75, 3.05) is 17.7 Å². The molecule has 1 heterocycles. The SMILES string of the molecule is CCCCn1c(N)c(N(C)C(=O)c2ccccc2COc2ccccc2)c(=O)[nH]c1=O. The first-order valence-corrected chi connectivity index (χ1v) is 10.1. The molecule has 0 unspecified atom stereocenters. The average molecular weight is 422 g/mol. The fourth-order valence-corrected chi connectivity index (χ4v) is 3.25. The van der Waals surface area contributed by atoms with Crippen LogP contribution in [0.5, 0.6) is 5.75 Å². The van der Waals surface area contributed by atoms with Crippen LogP contribution in [0.1, 0.15) is 35.7 Å². The molecule has 0 saturated heterocycles. The molecule has 1 aromatic heterocycles. The number of rotatable bonds is 8. The number of nitrogens with two attached hydrogens (primary N) is 1. The van der Waals surface area contributed by atoms with Crippen molar-refractivity contribution in [3.8, 4) is 5.75 Å². The molecular formula is C23H26N4O4. The lowest BCUT2D eigenvalue weighted by atomic mass is 10.1. The highest BCUT2D eigenvalue weighted by Crippen LogP contribution is 2.21. The van der Waals surface area contributed by atoms with Gasteiger partial charge in [0.2, 0.25) is 0 Å². The van der Waals surface area contributed by atoms with Crippen LogP contribution in [0.3, 0.4) is 0 Å². The molecule has 0 fully saturated rings. The Bertz CT molecular complexity index is 1170. The third-order valence-electron chi connectivity index (χ3n) is 4.97. The zero-order valence-electron chi connectivity index (χ0n) is 17.6. The van der Waals surface area contributed by atoms with E-state index >= 15 is 0 Å². The molecule has 0 saturated carbocycles. The highest BCUT2D eigenvalue weighted by molar-refractivity contribution is 6.07. The molecule has 0 bridgehead atoms. The van der Waals surface area contributed by atoms with Gasteiger partial charge in [-0.2, -0.15) is 0 Å². The van der Waals surface area contributed by atoms with Crippen molar-refractivity contribution in [3.63, 3.8) is 0 Å². The Labute approximate surface area is 179 Å². The number of nitrogen functional groups attached to an aromatic ring is 1. The minimum atomic E-state index is -0.705. The molecule has 0 radical (unpaired) electrons. The molecule has 3 N–H and O–H groups in total. The van der Waals surface area contributed by atoms with Gasteiger partial charge in [-0.1, -0.05) is 49.7 Å². The van der Waals surface area contributed by atoms with E-state index in [-0.39, 0.29) is 18.1 Å². The highest BCUT2D eigenvalue weighted by Gasteiger charge is 2.23. The number of para-hydroxylation sites is 1. The van der Waals surface area contributed by atoms with Crippen LogP contribution >= 0.6 is 0 Å². The maximum absolute atomic E-state index is 13.3. The van der Waals surface area contributed by atoms with Gasteiger partial charge in [0, 0.05) is 24.7 Å². The maximum Gasteiger partial charge on any atom is 0.330 e. The first-order valence-electron chi connectivity index (χ1n) is 10.1. The van der Waals surface area contributed by atoms with E-state index in [9.17, 15) is 14.4 Å². The van der Waals surface area contributed by atoms with Crippen molar-refractivity contribution >= 4 is 17.4 Å². The van der Waals surface area contributed by atoms with Crippen LogP contribution in [-0.2, 0) is 13.2 Å². The summed E-state index contributed by atoms with van der Waals surface area (Å²) in [5.41, 5.74) is 5.84. The van der Waals surface area contributed by atoms with Crippen molar-refractivity contribution in [1.29, 1.82) is 0 Å². The van der Waals surface area contributed by atoms with Crippen molar-refractivity contribution in [2.45, 2.75) is 32.9 Å². The smallest absolute Gasteiger partial charge is 0.330 e. The highest BCUT2D eigenvalue weighted by atomic mass is 16.5. The van der Waals surface area contributed by atoms with E-state index in [1.165, 1.54) is 16.5 Å². The molecule has 0 spiro atoms. The fourth-order valence-electron chi connectivity index (χ4n) is 3.25. The van der Waals surface area contributed by atoms with E-state index in [2.05, 4.69) is 4.98 Å². The summed E-state index contributed by atoms with van der Waals surface area (Å²) >= 11 is 0. The Balaban J connectivity index is 1.92. The van der Waals surface area contributed by atoms with Gasteiger partial charge in [0.15, 0.2) is 5.69 Å². The molecule has 3 rings (SSSR count). The second-order valence-corrected chi connectivity index (χ2v) is 7.12. The number of benzene rings is 2. The Hall–Kier alpha value is -3.81. The van der Waals surface area contributed by atoms with Crippen LogP contribution in [0.2, 0.25) is 0 Å².